The van der Waals surface area contributed by atoms with E-state index in [9.17, 15) is 14.7 Å². The molecule has 5 nitrogen and oxygen atoms in total. The number of rotatable bonds is 4. The standard InChI is InChI=1S/C17H24N2O3/c1-4-13-5-6-15(16(21)9-13)17(22)18(3)10-14-7-8-19(11-14)12(2)20/h5-6,9,14,21H,4,7-8,10-11H2,1-3H3. The lowest BCUT2D eigenvalue weighted by Crippen LogP contribution is -2.34. The van der Waals surface area contributed by atoms with Gasteiger partial charge in [-0.15, -0.1) is 0 Å². The molecule has 0 spiro atoms. The van der Waals surface area contributed by atoms with Crippen LogP contribution >= 0.6 is 0 Å². The van der Waals surface area contributed by atoms with Gasteiger partial charge in [0, 0.05) is 33.6 Å². The summed E-state index contributed by atoms with van der Waals surface area (Å²) < 4.78 is 0. The Kier molecular flexibility index (Phi) is 5.06. The Hall–Kier alpha value is -2.04. The van der Waals surface area contributed by atoms with Crippen LogP contribution < -0.4 is 0 Å². The number of carbonyl (C=O) groups excluding carboxylic acids is 2. The zero-order valence-electron chi connectivity index (χ0n) is 13.5. The third-order valence-corrected chi connectivity index (χ3v) is 4.31. The predicted molar refractivity (Wildman–Crippen MR) is 84.8 cm³/mol. The monoisotopic (exact) mass is 304 g/mol. The Labute approximate surface area is 131 Å². The molecular formula is C17H24N2O3. The molecule has 0 radical (unpaired) electrons. The van der Waals surface area contributed by atoms with Crippen LogP contribution in [0.25, 0.3) is 0 Å². The SMILES string of the molecule is CCc1ccc(C(=O)N(C)CC2CCN(C(C)=O)C2)c(O)c1. The van der Waals surface area contributed by atoms with E-state index in [-0.39, 0.29) is 17.6 Å². The van der Waals surface area contributed by atoms with Gasteiger partial charge >= 0.3 is 0 Å². The van der Waals surface area contributed by atoms with Crippen molar-refractivity contribution >= 4 is 11.8 Å². The summed E-state index contributed by atoms with van der Waals surface area (Å²) in [5, 5.41) is 10.0. The smallest absolute Gasteiger partial charge is 0.257 e. The van der Waals surface area contributed by atoms with Crippen molar-refractivity contribution in [2.75, 3.05) is 26.7 Å². The summed E-state index contributed by atoms with van der Waals surface area (Å²) in [6, 6.07) is 5.20. The number of benzene rings is 1. The lowest BCUT2D eigenvalue weighted by Gasteiger charge is -2.22. The fourth-order valence-electron chi connectivity index (χ4n) is 2.92. The largest absolute Gasteiger partial charge is 0.507 e. The molecule has 1 aliphatic heterocycles. The molecule has 120 valence electrons. The van der Waals surface area contributed by atoms with E-state index < -0.39 is 0 Å². The molecule has 0 bridgehead atoms. The summed E-state index contributed by atoms with van der Waals surface area (Å²) in [6.07, 6.45) is 1.73. The number of hydrogen-bond acceptors (Lipinski definition) is 3. The molecule has 1 aliphatic rings. The van der Waals surface area contributed by atoms with Crippen LogP contribution in [0.4, 0.5) is 0 Å². The van der Waals surface area contributed by atoms with Crippen molar-refractivity contribution in [3.05, 3.63) is 29.3 Å². The van der Waals surface area contributed by atoms with Gasteiger partial charge in [-0.2, -0.15) is 0 Å². The summed E-state index contributed by atoms with van der Waals surface area (Å²) in [6.45, 7) is 5.64. The molecule has 2 amide bonds. The van der Waals surface area contributed by atoms with Crippen LogP contribution in [0.3, 0.4) is 0 Å². The highest BCUT2D eigenvalue weighted by molar-refractivity contribution is 5.96. The van der Waals surface area contributed by atoms with E-state index in [2.05, 4.69) is 0 Å². The summed E-state index contributed by atoms with van der Waals surface area (Å²) >= 11 is 0. The fraction of sp³-hybridized carbons (Fsp3) is 0.529. The normalized spacial score (nSPS) is 17.6. The first-order valence-electron chi connectivity index (χ1n) is 7.75. The second kappa shape index (κ2) is 6.81. The van der Waals surface area contributed by atoms with Crippen molar-refractivity contribution in [1.29, 1.82) is 0 Å². The molecule has 1 N–H and O–H groups in total. The Balaban J connectivity index is 1.99. The van der Waals surface area contributed by atoms with Crippen LogP contribution in [0, 0.1) is 5.92 Å². The molecule has 2 rings (SSSR count). The number of phenolic OH excluding ortho intramolecular Hbond substituents is 1. The van der Waals surface area contributed by atoms with Crippen molar-refractivity contribution in [3.8, 4) is 5.75 Å². The topological polar surface area (TPSA) is 60.9 Å². The van der Waals surface area contributed by atoms with Crippen molar-refractivity contribution in [2.24, 2.45) is 5.92 Å². The number of phenols is 1. The van der Waals surface area contributed by atoms with E-state index in [0.29, 0.717) is 24.6 Å². The lowest BCUT2D eigenvalue weighted by atomic mass is 10.1. The van der Waals surface area contributed by atoms with E-state index in [1.165, 1.54) is 0 Å². The zero-order valence-corrected chi connectivity index (χ0v) is 13.5. The van der Waals surface area contributed by atoms with Gasteiger partial charge in [-0.1, -0.05) is 13.0 Å². The van der Waals surface area contributed by atoms with Gasteiger partial charge in [0.15, 0.2) is 0 Å². The highest BCUT2D eigenvalue weighted by atomic mass is 16.3. The van der Waals surface area contributed by atoms with E-state index in [0.717, 1.165) is 24.9 Å². The molecule has 0 aliphatic carbocycles. The van der Waals surface area contributed by atoms with E-state index >= 15 is 0 Å². The van der Waals surface area contributed by atoms with Crippen LogP contribution in [0.15, 0.2) is 18.2 Å². The number of carbonyl (C=O) groups is 2. The second-order valence-corrected chi connectivity index (χ2v) is 6.01. The molecule has 1 fully saturated rings. The summed E-state index contributed by atoms with van der Waals surface area (Å²) in [7, 11) is 1.74. The molecule has 1 heterocycles. The third-order valence-electron chi connectivity index (χ3n) is 4.31. The minimum Gasteiger partial charge on any atom is -0.507 e. The Morgan fingerprint density at radius 3 is 2.68 bits per heavy atom. The Morgan fingerprint density at radius 1 is 1.41 bits per heavy atom. The first-order chi connectivity index (χ1) is 10.4. The van der Waals surface area contributed by atoms with Crippen LogP contribution in [0.2, 0.25) is 0 Å². The summed E-state index contributed by atoms with van der Waals surface area (Å²) in [5.41, 5.74) is 1.34. The summed E-state index contributed by atoms with van der Waals surface area (Å²) in [5.74, 6) is 0.244. The number of likely N-dealkylation sites (tertiary alicyclic amines) is 1. The maximum Gasteiger partial charge on any atom is 0.257 e. The maximum absolute atomic E-state index is 12.5. The van der Waals surface area contributed by atoms with Gasteiger partial charge in [0.25, 0.3) is 5.91 Å². The Bertz CT molecular complexity index is 571. The quantitative estimate of drug-likeness (QED) is 0.924. The van der Waals surface area contributed by atoms with Crippen molar-refractivity contribution < 1.29 is 14.7 Å². The van der Waals surface area contributed by atoms with Crippen molar-refractivity contribution in [1.82, 2.24) is 9.80 Å². The summed E-state index contributed by atoms with van der Waals surface area (Å²) in [4.78, 5) is 27.3. The van der Waals surface area contributed by atoms with Gasteiger partial charge in [0.1, 0.15) is 5.75 Å². The van der Waals surface area contributed by atoms with E-state index in [1.807, 2.05) is 17.9 Å². The van der Waals surface area contributed by atoms with Gasteiger partial charge in [0.2, 0.25) is 5.91 Å². The number of amides is 2. The lowest BCUT2D eigenvalue weighted by molar-refractivity contribution is -0.127. The molecule has 1 saturated heterocycles. The number of hydrogen-bond donors (Lipinski definition) is 1. The highest BCUT2D eigenvalue weighted by Gasteiger charge is 2.27. The third kappa shape index (κ3) is 3.59. The first kappa shape index (κ1) is 16.3. The van der Waals surface area contributed by atoms with Gasteiger partial charge in [0.05, 0.1) is 5.56 Å². The zero-order chi connectivity index (χ0) is 16.3. The molecular weight excluding hydrogens is 280 g/mol. The van der Waals surface area contributed by atoms with Gasteiger partial charge in [-0.3, -0.25) is 9.59 Å². The second-order valence-electron chi connectivity index (χ2n) is 6.01. The molecule has 1 atom stereocenters. The highest BCUT2D eigenvalue weighted by Crippen LogP contribution is 2.22. The van der Waals surface area contributed by atoms with Crippen LogP contribution in [0.5, 0.6) is 5.75 Å². The van der Waals surface area contributed by atoms with Gasteiger partial charge < -0.3 is 14.9 Å². The van der Waals surface area contributed by atoms with E-state index in [1.54, 1.807) is 31.0 Å². The van der Waals surface area contributed by atoms with Crippen LogP contribution in [0.1, 0.15) is 36.2 Å². The molecule has 0 saturated carbocycles. The van der Waals surface area contributed by atoms with Crippen LogP contribution in [-0.2, 0) is 11.2 Å². The molecule has 22 heavy (non-hydrogen) atoms. The minimum absolute atomic E-state index is 0.0352. The van der Waals surface area contributed by atoms with Crippen LogP contribution in [-0.4, -0.2) is 53.4 Å². The molecule has 0 aromatic heterocycles. The predicted octanol–water partition coefficient (Wildman–Crippen LogP) is 1.89. The molecule has 1 unspecified atom stereocenters. The fourth-order valence-corrected chi connectivity index (χ4v) is 2.92. The number of aryl methyl sites for hydroxylation is 1. The maximum atomic E-state index is 12.5. The van der Waals surface area contributed by atoms with E-state index in [4.69, 9.17) is 0 Å². The van der Waals surface area contributed by atoms with Gasteiger partial charge in [-0.05, 0) is 36.5 Å². The number of nitrogens with zero attached hydrogens (tertiary/aromatic N) is 2. The average Bonchev–Trinajstić information content (AvgIpc) is 2.95. The molecule has 1 aromatic rings. The van der Waals surface area contributed by atoms with Crippen molar-refractivity contribution in [2.45, 2.75) is 26.7 Å². The number of aromatic hydroxyl groups is 1. The Morgan fingerprint density at radius 2 is 2.14 bits per heavy atom. The molecule has 1 aromatic carbocycles. The van der Waals surface area contributed by atoms with Gasteiger partial charge in [-0.25, -0.2) is 0 Å². The average molecular weight is 304 g/mol. The van der Waals surface area contributed by atoms with Crippen molar-refractivity contribution in [3.63, 3.8) is 0 Å². The minimum atomic E-state index is -0.179. The first-order valence-corrected chi connectivity index (χ1v) is 7.75. The molecule has 5 heteroatoms.